The normalized spacial score (nSPS) is 10.7. The molecule has 0 aliphatic rings. The number of hydrogen-bond donors (Lipinski definition) is 1. The lowest BCUT2D eigenvalue weighted by molar-refractivity contribution is 0.349. The molecule has 1 aromatic heterocycles. The van der Waals surface area contributed by atoms with E-state index in [2.05, 4.69) is 15.9 Å². The van der Waals surface area contributed by atoms with Crippen LogP contribution >= 0.6 is 27.3 Å². The summed E-state index contributed by atoms with van der Waals surface area (Å²) in [6, 6.07) is 5.88. The van der Waals surface area contributed by atoms with Gasteiger partial charge in [-0.25, -0.2) is 0 Å². The van der Waals surface area contributed by atoms with E-state index < -0.39 is 0 Å². The zero-order valence-electron chi connectivity index (χ0n) is 7.71. The molecule has 0 bridgehead atoms. The summed E-state index contributed by atoms with van der Waals surface area (Å²) in [6.45, 7) is 2.66. The Hall–Kier alpha value is -0.740. The van der Waals surface area contributed by atoms with Crippen molar-refractivity contribution in [1.29, 1.82) is 0 Å². The van der Waals surface area contributed by atoms with Crippen LogP contribution in [0.4, 0.5) is 5.69 Å². The minimum absolute atomic E-state index is 0.681. The van der Waals surface area contributed by atoms with Crippen molar-refractivity contribution in [2.24, 2.45) is 0 Å². The third kappa shape index (κ3) is 1.60. The number of nitrogens with two attached hydrogens (primary N) is 1. The van der Waals surface area contributed by atoms with Gasteiger partial charge in [-0.05, 0) is 41.1 Å². The molecule has 0 saturated heterocycles. The number of thiophene rings is 1. The summed E-state index contributed by atoms with van der Waals surface area (Å²) in [4.78, 5) is 0. The molecule has 0 aliphatic carbocycles. The molecule has 0 radical (unpaired) electrons. The summed E-state index contributed by atoms with van der Waals surface area (Å²) < 4.78 is 7.69. The molecule has 0 spiro atoms. The standard InChI is InChI=1S/C10H10BrNOS/c1-2-13-10-9(11)7-5-6(12)3-4-8(7)14-10/h3-5H,2,12H2,1H3. The highest BCUT2D eigenvalue weighted by Crippen LogP contribution is 2.42. The van der Waals surface area contributed by atoms with Crippen LogP contribution in [0.5, 0.6) is 5.06 Å². The summed E-state index contributed by atoms with van der Waals surface area (Å²) >= 11 is 5.15. The molecule has 0 unspecified atom stereocenters. The van der Waals surface area contributed by atoms with Crippen molar-refractivity contribution in [2.75, 3.05) is 12.3 Å². The summed E-state index contributed by atoms with van der Waals surface area (Å²) in [7, 11) is 0. The fourth-order valence-electron chi connectivity index (χ4n) is 1.29. The number of nitrogen functional groups attached to an aromatic ring is 1. The molecule has 74 valence electrons. The lowest BCUT2D eigenvalue weighted by Gasteiger charge is -1.97. The van der Waals surface area contributed by atoms with Crippen LogP contribution in [0.25, 0.3) is 10.1 Å². The Balaban J connectivity index is 2.62. The summed E-state index contributed by atoms with van der Waals surface area (Å²) in [5.74, 6) is 0. The van der Waals surface area contributed by atoms with E-state index in [1.807, 2.05) is 25.1 Å². The van der Waals surface area contributed by atoms with Gasteiger partial charge in [0.05, 0.1) is 11.1 Å². The van der Waals surface area contributed by atoms with Crippen molar-refractivity contribution in [3.8, 4) is 5.06 Å². The highest BCUT2D eigenvalue weighted by atomic mass is 79.9. The van der Waals surface area contributed by atoms with E-state index in [1.165, 1.54) is 4.70 Å². The second kappa shape index (κ2) is 3.79. The number of anilines is 1. The lowest BCUT2D eigenvalue weighted by atomic mass is 10.2. The number of halogens is 1. The van der Waals surface area contributed by atoms with Gasteiger partial charge in [0.2, 0.25) is 0 Å². The van der Waals surface area contributed by atoms with Crippen LogP contribution in [0.1, 0.15) is 6.92 Å². The highest BCUT2D eigenvalue weighted by molar-refractivity contribution is 9.10. The Kier molecular flexibility index (Phi) is 2.65. The highest BCUT2D eigenvalue weighted by Gasteiger charge is 2.10. The fourth-order valence-corrected chi connectivity index (χ4v) is 3.09. The summed E-state index contributed by atoms with van der Waals surface area (Å²) in [6.07, 6.45) is 0. The third-order valence-corrected chi connectivity index (χ3v) is 4.03. The number of hydrogen-bond acceptors (Lipinski definition) is 3. The Labute approximate surface area is 94.8 Å². The molecule has 2 nitrogen and oxygen atoms in total. The first-order valence-corrected chi connectivity index (χ1v) is 5.93. The van der Waals surface area contributed by atoms with Crippen LogP contribution in [0.3, 0.4) is 0 Å². The first-order valence-electron chi connectivity index (χ1n) is 4.32. The molecule has 0 saturated carbocycles. The predicted molar refractivity (Wildman–Crippen MR) is 65.1 cm³/mol. The molecule has 0 amide bonds. The van der Waals surface area contributed by atoms with Gasteiger partial charge in [0.25, 0.3) is 0 Å². The third-order valence-electron chi connectivity index (χ3n) is 1.90. The Morgan fingerprint density at radius 1 is 1.50 bits per heavy atom. The van der Waals surface area contributed by atoms with Crippen molar-refractivity contribution in [3.05, 3.63) is 22.7 Å². The van der Waals surface area contributed by atoms with Gasteiger partial charge < -0.3 is 10.5 Å². The molecule has 0 atom stereocenters. The van der Waals surface area contributed by atoms with Gasteiger partial charge in [-0.3, -0.25) is 0 Å². The molecule has 4 heteroatoms. The molecular weight excluding hydrogens is 262 g/mol. The van der Waals surface area contributed by atoms with Gasteiger partial charge in [-0.15, -0.1) is 0 Å². The van der Waals surface area contributed by atoms with E-state index in [-0.39, 0.29) is 0 Å². The van der Waals surface area contributed by atoms with Crippen LogP contribution in [0.15, 0.2) is 22.7 Å². The van der Waals surface area contributed by atoms with Crippen LogP contribution in [0, 0.1) is 0 Å². The molecule has 2 rings (SSSR count). The van der Waals surface area contributed by atoms with Crippen LogP contribution < -0.4 is 10.5 Å². The monoisotopic (exact) mass is 271 g/mol. The summed E-state index contributed by atoms with van der Waals surface area (Å²) in [5.41, 5.74) is 6.50. The lowest BCUT2D eigenvalue weighted by Crippen LogP contribution is -1.88. The van der Waals surface area contributed by atoms with Gasteiger partial charge in [0, 0.05) is 15.8 Å². The smallest absolute Gasteiger partial charge is 0.189 e. The van der Waals surface area contributed by atoms with Gasteiger partial charge in [0.15, 0.2) is 5.06 Å². The van der Waals surface area contributed by atoms with Crippen molar-refractivity contribution in [3.63, 3.8) is 0 Å². The van der Waals surface area contributed by atoms with Crippen LogP contribution in [-0.4, -0.2) is 6.61 Å². The first kappa shape index (κ1) is 9.80. The number of rotatable bonds is 2. The molecule has 2 aromatic rings. The van der Waals surface area contributed by atoms with Crippen molar-refractivity contribution in [1.82, 2.24) is 0 Å². The zero-order chi connectivity index (χ0) is 10.1. The number of benzene rings is 1. The molecule has 1 heterocycles. The largest absolute Gasteiger partial charge is 0.483 e. The quantitative estimate of drug-likeness (QED) is 0.847. The summed E-state index contributed by atoms with van der Waals surface area (Å²) in [5, 5.41) is 2.05. The number of fused-ring (bicyclic) bond motifs is 1. The van der Waals surface area contributed by atoms with E-state index in [1.54, 1.807) is 11.3 Å². The van der Waals surface area contributed by atoms with Gasteiger partial charge >= 0.3 is 0 Å². The average Bonchev–Trinajstić information content (AvgIpc) is 2.46. The van der Waals surface area contributed by atoms with Gasteiger partial charge in [0.1, 0.15) is 0 Å². The molecule has 2 N–H and O–H groups in total. The predicted octanol–water partition coefficient (Wildman–Crippen LogP) is 3.64. The van der Waals surface area contributed by atoms with Crippen molar-refractivity contribution < 1.29 is 4.74 Å². The molecule has 0 aliphatic heterocycles. The van der Waals surface area contributed by atoms with E-state index in [4.69, 9.17) is 10.5 Å². The number of ether oxygens (including phenoxy) is 1. The second-order valence-corrected chi connectivity index (χ2v) is 4.70. The topological polar surface area (TPSA) is 35.2 Å². The molecule has 0 fully saturated rings. The Morgan fingerprint density at radius 2 is 2.29 bits per heavy atom. The first-order chi connectivity index (χ1) is 6.72. The molecular formula is C10H10BrNOS. The Bertz CT molecular complexity index is 466. The van der Waals surface area contributed by atoms with Crippen molar-refractivity contribution >= 4 is 43.0 Å². The van der Waals surface area contributed by atoms with Crippen LogP contribution in [-0.2, 0) is 0 Å². The van der Waals surface area contributed by atoms with E-state index >= 15 is 0 Å². The average molecular weight is 272 g/mol. The SMILES string of the molecule is CCOc1sc2ccc(N)cc2c1Br. The molecule has 14 heavy (non-hydrogen) atoms. The molecule has 1 aromatic carbocycles. The minimum atomic E-state index is 0.681. The van der Waals surface area contributed by atoms with E-state index in [0.29, 0.717) is 6.61 Å². The second-order valence-electron chi connectivity index (χ2n) is 2.89. The minimum Gasteiger partial charge on any atom is -0.483 e. The van der Waals surface area contributed by atoms with Gasteiger partial charge in [-0.1, -0.05) is 11.3 Å². The van der Waals surface area contributed by atoms with E-state index in [0.717, 1.165) is 20.6 Å². The Morgan fingerprint density at radius 3 is 3.00 bits per heavy atom. The maximum Gasteiger partial charge on any atom is 0.189 e. The van der Waals surface area contributed by atoms with Crippen LogP contribution in [0.2, 0.25) is 0 Å². The fraction of sp³-hybridized carbons (Fsp3) is 0.200. The van der Waals surface area contributed by atoms with Gasteiger partial charge in [-0.2, -0.15) is 0 Å². The maximum absolute atomic E-state index is 5.72. The van der Waals surface area contributed by atoms with E-state index in [9.17, 15) is 0 Å². The maximum atomic E-state index is 5.72. The van der Waals surface area contributed by atoms with Crippen molar-refractivity contribution in [2.45, 2.75) is 6.92 Å². The zero-order valence-corrected chi connectivity index (χ0v) is 10.1.